The van der Waals surface area contributed by atoms with Crippen LogP contribution in [0.2, 0.25) is 5.02 Å². The fourth-order valence-corrected chi connectivity index (χ4v) is 9.96. The van der Waals surface area contributed by atoms with E-state index < -0.39 is 23.9 Å². The lowest BCUT2D eigenvalue weighted by molar-refractivity contribution is 0.0720. The summed E-state index contributed by atoms with van der Waals surface area (Å²) >= 11 is 6.47. The van der Waals surface area contributed by atoms with E-state index >= 15 is 0 Å². The molecule has 0 saturated carbocycles. The average Bonchev–Trinajstić information content (AvgIpc) is 4.27. The quantitative estimate of drug-likeness (QED) is 0.0205. The SMILES string of the molecule is CCCCCCCCCCCCCCOc1ccc(C(=O)Oc2ccc(C(=O)Oc3ccc(-c4cn(Cc5ccc(OC(=O)c6ccc(OC(=O)c7ccc(OCCCCCCCCCCCCCC)c(Cl)c7)cc6)cc5)nn4)cc3)cc2)cc1. The molecule has 1 aromatic heterocycles. The molecule has 0 bridgehead atoms. The molecule has 0 atom stereocenters. The third-order valence-corrected chi connectivity index (χ3v) is 15.1. The average molecular weight is 1170 g/mol. The van der Waals surface area contributed by atoms with Gasteiger partial charge in [-0.1, -0.05) is 184 Å². The van der Waals surface area contributed by atoms with Crippen molar-refractivity contribution in [1.29, 1.82) is 0 Å². The molecule has 0 aliphatic carbocycles. The van der Waals surface area contributed by atoms with Crippen molar-refractivity contribution in [3.05, 3.63) is 179 Å². The van der Waals surface area contributed by atoms with Gasteiger partial charge in [-0.3, -0.25) is 0 Å². The van der Waals surface area contributed by atoms with E-state index in [1.54, 1.807) is 108 Å². The summed E-state index contributed by atoms with van der Waals surface area (Å²) in [5.74, 6) is 0.235. The number of carbonyl (C=O) groups is 4. The minimum absolute atomic E-state index is 0.258. The van der Waals surface area contributed by atoms with E-state index in [1.165, 1.54) is 159 Å². The van der Waals surface area contributed by atoms with Gasteiger partial charge in [0.05, 0.1) is 53.2 Å². The first kappa shape index (κ1) is 64.8. The van der Waals surface area contributed by atoms with E-state index in [4.69, 9.17) is 40.0 Å². The molecule has 6 aromatic carbocycles. The van der Waals surface area contributed by atoms with Gasteiger partial charge < -0.3 is 28.4 Å². The van der Waals surface area contributed by atoms with Gasteiger partial charge in [0.2, 0.25) is 0 Å². The van der Waals surface area contributed by atoms with Gasteiger partial charge in [0.1, 0.15) is 40.2 Å². The van der Waals surface area contributed by atoms with Crippen LogP contribution in [0.15, 0.2) is 146 Å². The predicted molar refractivity (Wildman–Crippen MR) is 335 cm³/mol. The minimum Gasteiger partial charge on any atom is -0.494 e. The normalized spacial score (nSPS) is 11.0. The lowest BCUT2D eigenvalue weighted by Crippen LogP contribution is -2.10. The molecule has 7 aromatic rings. The van der Waals surface area contributed by atoms with Crippen LogP contribution in [-0.4, -0.2) is 52.1 Å². The molecular weight excluding hydrogens is 1090 g/mol. The minimum atomic E-state index is -0.589. The summed E-state index contributed by atoms with van der Waals surface area (Å²) in [6.45, 7) is 6.12. The highest BCUT2D eigenvalue weighted by molar-refractivity contribution is 6.32. The third kappa shape index (κ3) is 23.3. The molecule has 0 aliphatic heterocycles. The predicted octanol–water partition coefficient (Wildman–Crippen LogP) is 18.7. The monoisotopic (exact) mass is 1170 g/mol. The van der Waals surface area contributed by atoms with Crippen LogP contribution < -0.4 is 28.4 Å². The van der Waals surface area contributed by atoms with Gasteiger partial charge in [0.25, 0.3) is 0 Å². The summed E-state index contributed by atoms with van der Waals surface area (Å²) in [6, 6.07) is 38.0. The van der Waals surface area contributed by atoms with Crippen molar-refractivity contribution in [2.75, 3.05) is 13.2 Å². The summed E-state index contributed by atoms with van der Waals surface area (Å²) in [4.78, 5) is 51.9. The molecule has 14 heteroatoms. The van der Waals surface area contributed by atoms with Crippen LogP contribution in [0.3, 0.4) is 0 Å². The molecule has 0 saturated heterocycles. The Morgan fingerprint density at radius 3 is 1.14 bits per heavy atom. The van der Waals surface area contributed by atoms with Gasteiger partial charge in [-0.05, 0) is 146 Å². The highest BCUT2D eigenvalue weighted by atomic mass is 35.5. The topological polar surface area (TPSA) is 154 Å². The molecule has 450 valence electrons. The first-order chi connectivity index (χ1) is 41.6. The second kappa shape index (κ2) is 36.8. The van der Waals surface area contributed by atoms with Crippen molar-refractivity contribution in [2.24, 2.45) is 0 Å². The Balaban J connectivity index is 0.757. The molecule has 0 N–H and O–H groups in total. The Morgan fingerprint density at radius 2 is 0.729 bits per heavy atom. The Hall–Kier alpha value is -7.77. The molecule has 0 aliphatic rings. The second-order valence-electron chi connectivity index (χ2n) is 21.7. The van der Waals surface area contributed by atoms with Crippen LogP contribution in [0.4, 0.5) is 0 Å². The van der Waals surface area contributed by atoms with Crippen molar-refractivity contribution < 1.29 is 47.6 Å². The van der Waals surface area contributed by atoms with Gasteiger partial charge in [0, 0.05) is 5.56 Å². The Morgan fingerprint density at radius 1 is 0.388 bits per heavy atom. The van der Waals surface area contributed by atoms with Crippen molar-refractivity contribution in [1.82, 2.24) is 15.0 Å². The maximum Gasteiger partial charge on any atom is 0.343 e. The first-order valence-corrected chi connectivity index (χ1v) is 31.4. The zero-order chi connectivity index (χ0) is 59.7. The van der Waals surface area contributed by atoms with Crippen molar-refractivity contribution >= 4 is 35.5 Å². The van der Waals surface area contributed by atoms with Crippen LogP contribution in [0.25, 0.3) is 11.3 Å². The number of hydrogen-bond donors (Lipinski definition) is 0. The van der Waals surface area contributed by atoms with E-state index in [1.807, 2.05) is 12.1 Å². The summed E-state index contributed by atoms with van der Waals surface area (Å²) < 4.78 is 35.9. The maximum absolute atomic E-state index is 13.0. The second-order valence-corrected chi connectivity index (χ2v) is 22.1. The van der Waals surface area contributed by atoms with E-state index in [0.717, 1.165) is 36.8 Å². The summed E-state index contributed by atoms with van der Waals surface area (Å²) in [5.41, 5.74) is 3.51. The molecule has 1 heterocycles. The Labute approximate surface area is 507 Å². The number of esters is 4. The largest absolute Gasteiger partial charge is 0.494 e. The highest BCUT2D eigenvalue weighted by Gasteiger charge is 2.16. The summed E-state index contributed by atoms with van der Waals surface area (Å²) in [7, 11) is 0. The summed E-state index contributed by atoms with van der Waals surface area (Å²) in [6.07, 6.45) is 32.5. The van der Waals surface area contributed by atoms with Gasteiger partial charge in [-0.25, -0.2) is 23.9 Å². The number of nitrogens with zero attached hydrogens (tertiary/aromatic N) is 3. The van der Waals surface area contributed by atoms with E-state index in [-0.39, 0.29) is 22.4 Å². The lowest BCUT2D eigenvalue weighted by atomic mass is 10.1. The molecule has 0 spiro atoms. The zero-order valence-electron chi connectivity index (χ0n) is 49.8. The maximum atomic E-state index is 13.0. The van der Waals surface area contributed by atoms with Crippen LogP contribution in [0.5, 0.6) is 34.5 Å². The number of ether oxygens (including phenoxy) is 6. The first-order valence-electron chi connectivity index (χ1n) is 31.0. The third-order valence-electron chi connectivity index (χ3n) is 14.8. The Bertz CT molecular complexity index is 3090. The molecule has 0 radical (unpaired) electrons. The molecular formula is C71H84ClN3O10. The van der Waals surface area contributed by atoms with Crippen molar-refractivity contribution in [3.63, 3.8) is 0 Å². The van der Waals surface area contributed by atoms with Gasteiger partial charge >= 0.3 is 23.9 Å². The van der Waals surface area contributed by atoms with Crippen LogP contribution in [0.1, 0.15) is 215 Å². The van der Waals surface area contributed by atoms with Crippen LogP contribution in [-0.2, 0) is 6.54 Å². The number of hydrogen-bond acceptors (Lipinski definition) is 12. The fourth-order valence-electron chi connectivity index (χ4n) is 9.72. The number of rotatable bonds is 39. The summed E-state index contributed by atoms with van der Waals surface area (Å²) in [5, 5.41) is 8.94. The number of benzene rings is 6. The van der Waals surface area contributed by atoms with Gasteiger partial charge in [-0.2, -0.15) is 0 Å². The standard InChI is InChI=1S/C71H84ClN3O10/c1-3-5-7-9-11-13-15-17-19-21-23-25-49-80-60-40-31-56(32-41-60)68(76)84-63-44-33-58(34-45-63)70(78)83-62-42-29-55(30-43-62)66-53-75(74-73-66)52-54-27-38-61(39-28-54)82-69(77)57-35-46-64(47-36-57)85-71(79)59-37-48-67(65(72)51-59)81-50-26-24-22-20-18-16-14-12-10-8-6-4-2/h27-48,51,53H,3-26,49-50,52H2,1-2H3. The smallest absolute Gasteiger partial charge is 0.343 e. The number of unbranched alkanes of at least 4 members (excludes halogenated alkanes) is 22. The molecule has 13 nitrogen and oxygen atoms in total. The Kier molecular flexibility index (Phi) is 28.1. The fraction of sp³-hybridized carbons (Fsp3) is 0.408. The van der Waals surface area contributed by atoms with Crippen LogP contribution >= 0.6 is 11.6 Å². The van der Waals surface area contributed by atoms with E-state index in [2.05, 4.69) is 24.2 Å². The number of carbonyl (C=O) groups excluding carboxylic acids is 4. The van der Waals surface area contributed by atoms with Crippen molar-refractivity contribution in [2.45, 2.75) is 174 Å². The molecule has 0 unspecified atom stereocenters. The lowest BCUT2D eigenvalue weighted by Gasteiger charge is -2.10. The molecule has 85 heavy (non-hydrogen) atoms. The highest BCUT2D eigenvalue weighted by Crippen LogP contribution is 2.28. The van der Waals surface area contributed by atoms with Crippen LogP contribution in [0, 0.1) is 0 Å². The number of aromatic nitrogens is 3. The number of halogens is 1. The van der Waals surface area contributed by atoms with Gasteiger partial charge in [0.15, 0.2) is 0 Å². The molecule has 0 amide bonds. The van der Waals surface area contributed by atoms with Crippen molar-refractivity contribution in [3.8, 4) is 45.8 Å². The van der Waals surface area contributed by atoms with E-state index in [9.17, 15) is 19.2 Å². The van der Waals surface area contributed by atoms with E-state index in [0.29, 0.717) is 64.8 Å². The zero-order valence-corrected chi connectivity index (χ0v) is 50.5. The van der Waals surface area contributed by atoms with Gasteiger partial charge in [-0.15, -0.1) is 5.10 Å². The molecule has 0 fully saturated rings. The molecule has 7 rings (SSSR count).